The third-order valence-corrected chi connectivity index (χ3v) is 3.74. The van der Waals surface area contributed by atoms with E-state index in [1.807, 2.05) is 0 Å². The molecule has 0 bridgehead atoms. The van der Waals surface area contributed by atoms with Crippen LogP contribution in [0.5, 0.6) is 0 Å². The van der Waals surface area contributed by atoms with Crippen molar-refractivity contribution in [2.75, 3.05) is 26.3 Å². The van der Waals surface area contributed by atoms with Crippen LogP contribution in [0.2, 0.25) is 0 Å². The Morgan fingerprint density at radius 2 is 2.18 bits per heavy atom. The zero-order valence-corrected chi connectivity index (χ0v) is 9.89. The molecule has 0 aliphatic carbocycles. The van der Waals surface area contributed by atoms with Crippen molar-refractivity contribution in [3.8, 4) is 0 Å². The van der Waals surface area contributed by atoms with E-state index in [1.165, 1.54) is 0 Å². The van der Waals surface area contributed by atoms with Crippen molar-refractivity contribution in [1.29, 1.82) is 0 Å². The number of amides is 1. The molecule has 0 radical (unpaired) electrons. The van der Waals surface area contributed by atoms with Crippen LogP contribution < -0.4 is 5.73 Å². The Hall–Kier alpha value is -1.14. The van der Waals surface area contributed by atoms with E-state index in [0.717, 1.165) is 0 Å². The second-order valence-corrected chi connectivity index (χ2v) is 5.18. The summed E-state index contributed by atoms with van der Waals surface area (Å²) in [6, 6.07) is -0.265. The van der Waals surface area contributed by atoms with Gasteiger partial charge in [-0.1, -0.05) is 0 Å². The van der Waals surface area contributed by atoms with Crippen LogP contribution in [0, 0.1) is 11.3 Å². The van der Waals surface area contributed by atoms with Crippen molar-refractivity contribution in [1.82, 2.24) is 4.90 Å². The van der Waals surface area contributed by atoms with Gasteiger partial charge in [-0.2, -0.15) is 0 Å². The van der Waals surface area contributed by atoms with Crippen molar-refractivity contribution >= 4 is 11.9 Å². The number of carboxylic acid groups (broad SMARTS) is 1. The van der Waals surface area contributed by atoms with E-state index in [0.29, 0.717) is 26.2 Å². The molecule has 0 spiro atoms. The molecule has 2 fully saturated rings. The summed E-state index contributed by atoms with van der Waals surface area (Å²) in [6.45, 7) is 3.18. The van der Waals surface area contributed by atoms with E-state index in [1.54, 1.807) is 11.8 Å². The number of nitrogens with zero attached hydrogens (tertiary/aromatic N) is 1. The van der Waals surface area contributed by atoms with Gasteiger partial charge in [0.1, 0.15) is 0 Å². The molecule has 2 saturated heterocycles. The summed E-state index contributed by atoms with van der Waals surface area (Å²) in [6.07, 6.45) is 0.497. The highest BCUT2D eigenvalue weighted by atomic mass is 16.5. The number of hydrogen-bond acceptors (Lipinski definition) is 4. The smallest absolute Gasteiger partial charge is 0.311 e. The molecule has 2 rings (SSSR count). The number of carboxylic acids is 1. The van der Waals surface area contributed by atoms with Gasteiger partial charge in [0, 0.05) is 19.1 Å². The van der Waals surface area contributed by atoms with Crippen LogP contribution in [-0.2, 0) is 14.3 Å². The quantitative estimate of drug-likeness (QED) is 0.667. The van der Waals surface area contributed by atoms with Gasteiger partial charge < -0.3 is 20.5 Å². The lowest BCUT2D eigenvalue weighted by molar-refractivity contribution is -0.147. The predicted octanol–water partition coefficient (Wildman–Crippen LogP) is -0.717. The average Bonchev–Trinajstić information content (AvgIpc) is 2.85. The molecule has 0 aromatic carbocycles. The Bertz CT molecular complexity index is 346. The van der Waals surface area contributed by atoms with Crippen LogP contribution in [0.1, 0.15) is 13.3 Å². The van der Waals surface area contributed by atoms with Gasteiger partial charge in [-0.15, -0.1) is 0 Å². The maximum Gasteiger partial charge on any atom is 0.311 e. The molecular formula is C11H18N2O4. The first kappa shape index (κ1) is 12.3. The van der Waals surface area contributed by atoms with E-state index < -0.39 is 11.4 Å². The van der Waals surface area contributed by atoms with Crippen LogP contribution in [-0.4, -0.2) is 54.2 Å². The molecule has 2 heterocycles. The second kappa shape index (κ2) is 4.27. The van der Waals surface area contributed by atoms with Gasteiger partial charge in [-0.3, -0.25) is 9.59 Å². The molecule has 1 amide bonds. The predicted molar refractivity (Wildman–Crippen MR) is 59.2 cm³/mol. The normalized spacial score (nSPS) is 37.4. The zero-order chi connectivity index (χ0) is 12.6. The molecular weight excluding hydrogens is 224 g/mol. The number of ether oxygens (including phenoxy) is 1. The molecule has 0 aromatic rings. The van der Waals surface area contributed by atoms with Gasteiger partial charge in [0.2, 0.25) is 5.91 Å². The summed E-state index contributed by atoms with van der Waals surface area (Å²) in [5.41, 5.74) is 4.97. The van der Waals surface area contributed by atoms with Crippen LogP contribution in [0.25, 0.3) is 0 Å². The third-order valence-electron chi connectivity index (χ3n) is 3.74. The molecule has 0 saturated carbocycles. The van der Waals surface area contributed by atoms with Crippen LogP contribution in [0.4, 0.5) is 0 Å². The fraction of sp³-hybridized carbons (Fsp3) is 0.818. The van der Waals surface area contributed by atoms with Gasteiger partial charge in [-0.05, 0) is 13.3 Å². The van der Waals surface area contributed by atoms with E-state index in [2.05, 4.69) is 0 Å². The molecule has 96 valence electrons. The van der Waals surface area contributed by atoms with Gasteiger partial charge in [0.25, 0.3) is 0 Å². The number of hydrogen-bond donors (Lipinski definition) is 2. The number of aliphatic carboxylic acids is 1. The van der Waals surface area contributed by atoms with Crippen molar-refractivity contribution in [2.45, 2.75) is 19.4 Å². The Labute approximate surface area is 99.7 Å². The van der Waals surface area contributed by atoms with Crippen molar-refractivity contribution in [3.63, 3.8) is 0 Å². The highest BCUT2D eigenvalue weighted by molar-refractivity contribution is 5.82. The molecule has 2 aliphatic heterocycles. The first-order chi connectivity index (χ1) is 7.94. The number of carbonyl (C=O) groups is 2. The maximum absolute atomic E-state index is 12.1. The van der Waals surface area contributed by atoms with E-state index in [4.69, 9.17) is 15.6 Å². The summed E-state index contributed by atoms with van der Waals surface area (Å²) in [7, 11) is 0. The molecule has 2 aliphatic rings. The highest BCUT2D eigenvalue weighted by Gasteiger charge is 2.44. The molecule has 3 atom stereocenters. The van der Waals surface area contributed by atoms with Crippen LogP contribution in [0.3, 0.4) is 0 Å². The van der Waals surface area contributed by atoms with E-state index in [-0.39, 0.29) is 24.4 Å². The fourth-order valence-corrected chi connectivity index (χ4v) is 2.38. The largest absolute Gasteiger partial charge is 0.481 e. The number of rotatable bonds is 2. The van der Waals surface area contributed by atoms with Gasteiger partial charge in [0.15, 0.2) is 0 Å². The minimum absolute atomic E-state index is 0.0695. The van der Waals surface area contributed by atoms with Crippen molar-refractivity contribution in [2.24, 2.45) is 17.1 Å². The Kier molecular flexibility index (Phi) is 3.09. The molecule has 3 N–H and O–H groups in total. The molecule has 3 unspecified atom stereocenters. The van der Waals surface area contributed by atoms with Crippen molar-refractivity contribution in [3.05, 3.63) is 0 Å². The first-order valence-electron chi connectivity index (χ1n) is 5.79. The van der Waals surface area contributed by atoms with Gasteiger partial charge >= 0.3 is 5.97 Å². The van der Waals surface area contributed by atoms with Crippen molar-refractivity contribution < 1.29 is 19.4 Å². The average molecular weight is 242 g/mol. The van der Waals surface area contributed by atoms with Crippen LogP contribution in [0.15, 0.2) is 0 Å². The lowest BCUT2D eigenvalue weighted by atomic mass is 9.90. The maximum atomic E-state index is 12.1. The van der Waals surface area contributed by atoms with Gasteiger partial charge in [0.05, 0.1) is 24.5 Å². The Balaban J connectivity index is 2.01. The highest BCUT2D eigenvalue weighted by Crippen LogP contribution is 2.31. The number of carbonyl (C=O) groups excluding carboxylic acids is 1. The monoisotopic (exact) mass is 242 g/mol. The Morgan fingerprint density at radius 1 is 1.47 bits per heavy atom. The van der Waals surface area contributed by atoms with Crippen LogP contribution >= 0.6 is 0 Å². The fourth-order valence-electron chi connectivity index (χ4n) is 2.38. The molecule has 0 aromatic heterocycles. The summed E-state index contributed by atoms with van der Waals surface area (Å²) in [5, 5.41) is 9.10. The standard InChI is InChI=1S/C11H18N2O4/c1-11(10(15)16)2-3-13(6-11)9(14)7-4-17-5-8(7)12/h7-8H,2-6,12H2,1H3,(H,15,16). The molecule has 6 heteroatoms. The first-order valence-corrected chi connectivity index (χ1v) is 5.79. The summed E-state index contributed by atoms with van der Waals surface area (Å²) < 4.78 is 5.16. The minimum Gasteiger partial charge on any atom is -0.481 e. The topological polar surface area (TPSA) is 92.9 Å². The third kappa shape index (κ3) is 2.14. The minimum atomic E-state index is -0.847. The summed E-state index contributed by atoms with van der Waals surface area (Å²) >= 11 is 0. The molecule has 6 nitrogen and oxygen atoms in total. The van der Waals surface area contributed by atoms with E-state index in [9.17, 15) is 9.59 Å². The summed E-state index contributed by atoms with van der Waals surface area (Å²) in [5.74, 6) is -1.23. The zero-order valence-electron chi connectivity index (χ0n) is 9.89. The Morgan fingerprint density at radius 3 is 2.65 bits per heavy atom. The number of nitrogens with two attached hydrogens (primary N) is 1. The van der Waals surface area contributed by atoms with E-state index >= 15 is 0 Å². The summed E-state index contributed by atoms with van der Waals surface area (Å²) in [4.78, 5) is 24.8. The lowest BCUT2D eigenvalue weighted by Crippen LogP contribution is -2.44. The SMILES string of the molecule is CC1(C(=O)O)CCN(C(=O)C2COCC2N)C1. The lowest BCUT2D eigenvalue weighted by Gasteiger charge is -2.23. The van der Waals surface area contributed by atoms with Gasteiger partial charge in [-0.25, -0.2) is 0 Å². The molecule has 17 heavy (non-hydrogen) atoms. The second-order valence-electron chi connectivity index (χ2n) is 5.18. The number of likely N-dealkylation sites (tertiary alicyclic amines) is 1.